The maximum Gasteiger partial charge on any atom is 0.161 e. The smallest absolute Gasteiger partial charge is 0.161 e. The lowest BCUT2D eigenvalue weighted by molar-refractivity contribution is 0.172. The Hall–Kier alpha value is -3.77. The number of rotatable bonds is 19. The van der Waals surface area contributed by atoms with Crippen molar-refractivity contribution in [2.75, 3.05) is 68.9 Å². The van der Waals surface area contributed by atoms with Crippen LogP contribution in [-0.2, 0) is 25.7 Å². The van der Waals surface area contributed by atoms with Crippen molar-refractivity contribution in [1.29, 1.82) is 0 Å². The van der Waals surface area contributed by atoms with E-state index in [9.17, 15) is 0 Å². The van der Waals surface area contributed by atoms with E-state index in [-0.39, 0.29) is 60.8 Å². The Kier molecular flexibility index (Phi) is 19.5. The zero-order chi connectivity index (χ0) is 41.4. The number of hydrogen-bond acceptors (Lipinski definition) is 10. The minimum atomic E-state index is -0.0331. The lowest BCUT2D eigenvalue weighted by Crippen LogP contribution is -2.36. The number of methoxy groups -OCH3 is 6. The first kappa shape index (κ1) is 50.9. The highest BCUT2D eigenvalue weighted by Gasteiger charge is 2.36. The standard InChI is InChI=1S/C49H65N3O7.3ClH/c1-8-59-36-11-9-32(10-12-36)31-49(19-13-40-37-28-46(56-5)43(53-2)25-33(37)16-22-50-40,20-14-41-38-29-47(57-6)44(54-3)26-34(38)17-23-51-41)21-15-42-39-30-48(58-7)45(55-4)27-35(39)18-24-52-42;;;/h9-12,25-30,40-42,50-52H,8,13-24,31H2,1-7H3;3*1H. The van der Waals surface area contributed by atoms with Crippen LogP contribution in [0.2, 0.25) is 0 Å². The highest BCUT2D eigenvalue weighted by Crippen LogP contribution is 2.47. The molecule has 0 saturated heterocycles. The number of fused-ring (bicyclic) bond motifs is 3. The highest BCUT2D eigenvalue weighted by molar-refractivity contribution is 5.86. The van der Waals surface area contributed by atoms with Crippen molar-refractivity contribution in [3.05, 3.63) is 99.6 Å². The van der Waals surface area contributed by atoms with Crippen LogP contribution in [0.5, 0.6) is 40.2 Å². The molecule has 62 heavy (non-hydrogen) atoms. The van der Waals surface area contributed by atoms with Gasteiger partial charge >= 0.3 is 0 Å². The lowest BCUT2D eigenvalue weighted by atomic mass is 9.68. The molecule has 0 fully saturated rings. The fourth-order valence-corrected chi connectivity index (χ4v) is 9.97. The summed E-state index contributed by atoms with van der Waals surface area (Å²) < 4.78 is 40.6. The quantitative estimate of drug-likeness (QED) is 0.0844. The van der Waals surface area contributed by atoms with Gasteiger partial charge in [-0.25, -0.2) is 0 Å². The number of halogens is 3. The topological polar surface area (TPSA) is 101 Å². The van der Waals surface area contributed by atoms with Gasteiger partial charge in [0.05, 0.1) is 49.3 Å². The molecule has 0 radical (unpaired) electrons. The van der Waals surface area contributed by atoms with Gasteiger partial charge in [-0.15, -0.1) is 37.2 Å². The predicted octanol–water partition coefficient (Wildman–Crippen LogP) is 9.93. The van der Waals surface area contributed by atoms with Crippen molar-refractivity contribution in [3.8, 4) is 40.2 Å². The molecule has 0 aliphatic carbocycles. The molecule has 0 spiro atoms. The summed E-state index contributed by atoms with van der Waals surface area (Å²) in [5, 5.41) is 11.8. The molecule has 3 unspecified atom stereocenters. The second-order valence-electron chi connectivity index (χ2n) is 16.4. The molecule has 342 valence electrons. The van der Waals surface area contributed by atoms with Gasteiger partial charge in [0.1, 0.15) is 5.75 Å². The van der Waals surface area contributed by atoms with Crippen molar-refractivity contribution in [2.45, 2.75) is 89.3 Å². The molecule has 3 heterocycles. The molecule has 13 heteroatoms. The zero-order valence-corrected chi connectivity index (χ0v) is 39.9. The largest absolute Gasteiger partial charge is 0.494 e. The van der Waals surface area contributed by atoms with E-state index in [2.05, 4.69) is 76.6 Å². The van der Waals surface area contributed by atoms with Crippen LogP contribution in [0.25, 0.3) is 0 Å². The SMILES string of the molecule is CCOc1ccc(CC(CCC2NCCc3cc(OC)c(OC)cc32)(CCC2NCCc3cc(OC)c(OC)cc32)CCC2NCCc3cc(OC)c(OC)cc32)cc1.Cl.Cl.Cl. The number of hydrogen-bond donors (Lipinski definition) is 3. The van der Waals surface area contributed by atoms with E-state index in [4.69, 9.17) is 33.2 Å². The third-order valence-electron chi connectivity index (χ3n) is 13.1. The van der Waals surface area contributed by atoms with Crippen LogP contribution in [0.3, 0.4) is 0 Å². The van der Waals surface area contributed by atoms with Crippen molar-refractivity contribution in [1.82, 2.24) is 16.0 Å². The van der Waals surface area contributed by atoms with Gasteiger partial charge in [0.15, 0.2) is 34.5 Å². The summed E-state index contributed by atoms with van der Waals surface area (Å²) in [6.07, 6.45) is 9.98. The monoisotopic (exact) mass is 915 g/mol. The Bertz CT molecular complexity index is 1850. The minimum absolute atomic E-state index is 0. The summed E-state index contributed by atoms with van der Waals surface area (Å²) in [4.78, 5) is 0. The molecule has 3 aliphatic heterocycles. The van der Waals surface area contributed by atoms with Crippen molar-refractivity contribution in [2.24, 2.45) is 5.41 Å². The van der Waals surface area contributed by atoms with Crippen molar-refractivity contribution in [3.63, 3.8) is 0 Å². The maximum absolute atomic E-state index is 5.90. The highest BCUT2D eigenvalue weighted by atomic mass is 35.5. The van der Waals surface area contributed by atoms with Gasteiger partial charge in [0.25, 0.3) is 0 Å². The third kappa shape index (κ3) is 11.5. The van der Waals surface area contributed by atoms with E-state index in [0.29, 0.717) is 6.61 Å². The van der Waals surface area contributed by atoms with E-state index in [1.807, 2.05) is 6.92 Å². The van der Waals surface area contributed by atoms with Crippen LogP contribution in [-0.4, -0.2) is 68.9 Å². The molecule has 0 amide bonds. The van der Waals surface area contributed by atoms with Gasteiger partial charge in [-0.3, -0.25) is 0 Å². The molecule has 3 aliphatic rings. The van der Waals surface area contributed by atoms with E-state index in [0.717, 1.165) is 124 Å². The summed E-state index contributed by atoms with van der Waals surface area (Å²) in [5.74, 6) is 5.63. The third-order valence-corrected chi connectivity index (χ3v) is 13.1. The molecule has 0 saturated carbocycles. The first-order valence-electron chi connectivity index (χ1n) is 21.5. The van der Waals surface area contributed by atoms with Gasteiger partial charge in [0.2, 0.25) is 0 Å². The average Bonchev–Trinajstić information content (AvgIpc) is 3.28. The molecular weight excluding hydrogens is 849 g/mol. The molecule has 4 aromatic rings. The van der Waals surface area contributed by atoms with E-state index in [1.54, 1.807) is 42.7 Å². The summed E-state index contributed by atoms with van der Waals surface area (Å²) in [6, 6.07) is 22.6. The van der Waals surface area contributed by atoms with Gasteiger partial charge < -0.3 is 49.1 Å². The number of nitrogens with one attached hydrogen (secondary N) is 3. The van der Waals surface area contributed by atoms with Gasteiger partial charge in [-0.2, -0.15) is 0 Å². The first-order chi connectivity index (χ1) is 28.8. The van der Waals surface area contributed by atoms with Crippen LogP contribution in [0.1, 0.15) is 103 Å². The Balaban J connectivity index is 0.00000282. The van der Waals surface area contributed by atoms with Gasteiger partial charge in [-0.05, 0) is 184 Å². The molecule has 3 N–H and O–H groups in total. The van der Waals surface area contributed by atoms with E-state index in [1.165, 1.54) is 38.9 Å². The molecule has 3 atom stereocenters. The number of benzene rings is 4. The lowest BCUT2D eigenvalue weighted by Gasteiger charge is -2.40. The normalized spacial score (nSPS) is 18.4. The van der Waals surface area contributed by atoms with E-state index < -0.39 is 0 Å². The van der Waals surface area contributed by atoms with Crippen LogP contribution in [0.4, 0.5) is 0 Å². The fourth-order valence-electron chi connectivity index (χ4n) is 9.97. The molecule has 7 rings (SSSR count). The molecular formula is C49H68Cl3N3O7. The Morgan fingerprint density at radius 3 is 1.11 bits per heavy atom. The van der Waals surface area contributed by atoms with Crippen LogP contribution >= 0.6 is 37.2 Å². The summed E-state index contributed by atoms with van der Waals surface area (Å²) in [6.45, 7) is 5.48. The molecule has 4 aromatic carbocycles. The van der Waals surface area contributed by atoms with Crippen LogP contribution in [0, 0.1) is 5.41 Å². The minimum Gasteiger partial charge on any atom is -0.494 e. The fraction of sp³-hybridized carbons (Fsp3) is 0.510. The van der Waals surface area contributed by atoms with E-state index >= 15 is 0 Å². The summed E-state index contributed by atoms with van der Waals surface area (Å²) in [7, 11) is 10.3. The Labute approximate surface area is 388 Å². The summed E-state index contributed by atoms with van der Waals surface area (Å²) in [5.41, 5.74) is 9.26. The number of ether oxygens (including phenoxy) is 7. The van der Waals surface area contributed by atoms with Gasteiger partial charge in [0, 0.05) is 18.1 Å². The van der Waals surface area contributed by atoms with Crippen molar-refractivity contribution >= 4 is 37.2 Å². The second-order valence-corrected chi connectivity index (χ2v) is 16.4. The zero-order valence-electron chi connectivity index (χ0n) is 37.5. The average molecular weight is 917 g/mol. The van der Waals surface area contributed by atoms with Gasteiger partial charge in [-0.1, -0.05) is 12.1 Å². The van der Waals surface area contributed by atoms with Crippen LogP contribution in [0.15, 0.2) is 60.7 Å². The molecule has 10 nitrogen and oxygen atoms in total. The first-order valence-corrected chi connectivity index (χ1v) is 21.5. The second kappa shape index (κ2) is 23.8. The van der Waals surface area contributed by atoms with Crippen LogP contribution < -0.4 is 49.1 Å². The molecule has 0 bridgehead atoms. The molecule has 0 aromatic heterocycles. The Morgan fingerprint density at radius 2 is 0.806 bits per heavy atom. The predicted molar refractivity (Wildman–Crippen MR) is 255 cm³/mol. The van der Waals surface area contributed by atoms with Crippen molar-refractivity contribution < 1.29 is 33.2 Å². The summed E-state index contributed by atoms with van der Waals surface area (Å²) >= 11 is 0. The maximum atomic E-state index is 5.90. The Morgan fingerprint density at radius 1 is 0.484 bits per heavy atom.